The lowest BCUT2D eigenvalue weighted by Gasteiger charge is -1.99. The van der Waals surface area contributed by atoms with Crippen molar-refractivity contribution in [2.24, 2.45) is 0 Å². The van der Waals surface area contributed by atoms with Gasteiger partial charge in [-0.1, -0.05) is 12.7 Å². The number of hydrogen-bond acceptors (Lipinski definition) is 3. The Morgan fingerprint density at radius 3 is 3.06 bits per heavy atom. The van der Waals surface area contributed by atoms with Crippen molar-refractivity contribution < 1.29 is 9.49 Å². The van der Waals surface area contributed by atoms with Crippen LogP contribution in [-0.2, 0) is 6.54 Å². The van der Waals surface area contributed by atoms with E-state index in [9.17, 15) is 10.1 Å². The van der Waals surface area contributed by atoms with Gasteiger partial charge in [0.15, 0.2) is 0 Å². The Labute approximate surface area is 97.6 Å². The van der Waals surface area contributed by atoms with E-state index in [1.807, 2.05) is 6.20 Å². The maximum Gasteiger partial charge on any atom is 0.286 e. The number of imidazole rings is 1. The second-order valence-corrected chi connectivity index (χ2v) is 3.34. The molecular weight excluding hydrogens is 220 g/mol. The van der Waals surface area contributed by atoms with Gasteiger partial charge in [0.05, 0.1) is 17.7 Å². The average molecular weight is 230 g/mol. The van der Waals surface area contributed by atoms with Crippen molar-refractivity contribution in [1.82, 2.24) is 9.55 Å². The van der Waals surface area contributed by atoms with Crippen LogP contribution in [0.5, 0.6) is 0 Å². The predicted octanol–water partition coefficient (Wildman–Crippen LogP) is 1.05. The van der Waals surface area contributed by atoms with Gasteiger partial charge in [0.25, 0.3) is 5.69 Å². The Morgan fingerprint density at radius 2 is 2.47 bits per heavy atom. The van der Waals surface area contributed by atoms with Crippen molar-refractivity contribution in [3.8, 4) is 5.82 Å². The fourth-order valence-electron chi connectivity index (χ4n) is 1.35. The Morgan fingerprint density at radius 1 is 1.65 bits per heavy atom. The van der Waals surface area contributed by atoms with Crippen LogP contribution in [0.1, 0.15) is 0 Å². The molecule has 2 heterocycles. The molecule has 0 aliphatic carbocycles. The SMILES string of the molecule is C=CC[n+]1[c-]n(-c2ccc([N+](=O)[O-])cn2)cc1. The molecule has 0 fully saturated rings. The lowest BCUT2D eigenvalue weighted by atomic mass is 10.4. The molecule has 0 saturated heterocycles. The van der Waals surface area contributed by atoms with Gasteiger partial charge in [-0.25, -0.2) is 0 Å². The van der Waals surface area contributed by atoms with Crippen LogP contribution in [0.4, 0.5) is 5.69 Å². The van der Waals surface area contributed by atoms with Crippen molar-refractivity contribution in [3.63, 3.8) is 0 Å². The highest BCUT2D eigenvalue weighted by molar-refractivity contribution is 5.32. The molecule has 2 aromatic heterocycles. The fourth-order valence-corrected chi connectivity index (χ4v) is 1.35. The third kappa shape index (κ3) is 2.36. The topological polar surface area (TPSA) is 64.8 Å². The molecule has 0 spiro atoms. The van der Waals surface area contributed by atoms with Gasteiger partial charge in [-0.15, -0.1) is 0 Å². The zero-order valence-corrected chi connectivity index (χ0v) is 8.98. The molecule has 17 heavy (non-hydrogen) atoms. The number of pyridine rings is 1. The van der Waals surface area contributed by atoms with Crippen LogP contribution >= 0.6 is 0 Å². The average Bonchev–Trinajstić information content (AvgIpc) is 2.78. The third-order valence-corrected chi connectivity index (χ3v) is 2.15. The summed E-state index contributed by atoms with van der Waals surface area (Å²) >= 11 is 0. The van der Waals surface area contributed by atoms with Crippen LogP contribution in [0.3, 0.4) is 0 Å². The smallest absolute Gasteiger partial charge is 0.286 e. The first-order valence-electron chi connectivity index (χ1n) is 4.92. The standard InChI is InChI=1S/C11H10N4O2/c1-2-5-13-6-7-14(9-13)11-4-3-10(8-12-11)15(16)17/h2-4,6-8H,1,5H2. The van der Waals surface area contributed by atoms with Gasteiger partial charge in [0, 0.05) is 18.5 Å². The molecule has 6 heteroatoms. The summed E-state index contributed by atoms with van der Waals surface area (Å²) in [5.41, 5.74) is -0.0279. The molecule has 0 unspecified atom stereocenters. The summed E-state index contributed by atoms with van der Waals surface area (Å²) in [4.78, 5) is 14.0. The molecule has 6 nitrogen and oxygen atoms in total. The van der Waals surface area contributed by atoms with Gasteiger partial charge >= 0.3 is 0 Å². The molecule has 0 amide bonds. The molecule has 0 aromatic carbocycles. The van der Waals surface area contributed by atoms with Crippen molar-refractivity contribution in [1.29, 1.82) is 0 Å². The number of nitrogens with zero attached hydrogens (tertiary/aromatic N) is 4. The Hall–Kier alpha value is -2.50. The molecule has 0 radical (unpaired) electrons. The Bertz CT molecular complexity index is 545. The second kappa shape index (κ2) is 4.56. The van der Waals surface area contributed by atoms with E-state index < -0.39 is 4.92 Å². The Kier molecular flexibility index (Phi) is 2.95. The molecule has 0 bridgehead atoms. The van der Waals surface area contributed by atoms with E-state index in [1.54, 1.807) is 27.5 Å². The summed E-state index contributed by atoms with van der Waals surface area (Å²) in [6, 6.07) is 2.99. The van der Waals surface area contributed by atoms with Gasteiger partial charge in [-0.2, -0.15) is 0 Å². The number of aromatic nitrogens is 3. The lowest BCUT2D eigenvalue weighted by Crippen LogP contribution is -2.30. The van der Waals surface area contributed by atoms with Crippen molar-refractivity contribution in [3.05, 3.63) is 59.8 Å². The summed E-state index contributed by atoms with van der Waals surface area (Å²) in [5.74, 6) is 0.582. The minimum atomic E-state index is -0.478. The lowest BCUT2D eigenvalue weighted by molar-refractivity contribution is -0.690. The van der Waals surface area contributed by atoms with Gasteiger partial charge in [0.2, 0.25) is 6.33 Å². The van der Waals surface area contributed by atoms with E-state index in [0.717, 1.165) is 0 Å². The van der Waals surface area contributed by atoms with Crippen LogP contribution in [0.25, 0.3) is 5.82 Å². The van der Waals surface area contributed by atoms with Crippen LogP contribution in [0.2, 0.25) is 0 Å². The van der Waals surface area contributed by atoms with E-state index in [0.29, 0.717) is 12.4 Å². The molecule has 2 rings (SSSR count). The molecule has 0 aliphatic rings. The molecular formula is C11H10N4O2. The summed E-state index contributed by atoms with van der Waals surface area (Å²) in [6.45, 7) is 4.28. The van der Waals surface area contributed by atoms with E-state index in [2.05, 4.69) is 17.9 Å². The van der Waals surface area contributed by atoms with Crippen LogP contribution in [-0.4, -0.2) is 14.5 Å². The maximum atomic E-state index is 10.5. The zero-order chi connectivity index (χ0) is 12.3. The van der Waals surface area contributed by atoms with E-state index >= 15 is 0 Å². The van der Waals surface area contributed by atoms with Crippen molar-refractivity contribution in [2.45, 2.75) is 6.54 Å². The molecule has 0 atom stereocenters. The van der Waals surface area contributed by atoms with Gasteiger partial charge in [0.1, 0.15) is 5.82 Å². The maximum absolute atomic E-state index is 10.5. The number of rotatable bonds is 4. The summed E-state index contributed by atoms with van der Waals surface area (Å²) in [5, 5.41) is 10.5. The first-order chi connectivity index (χ1) is 8.20. The summed E-state index contributed by atoms with van der Waals surface area (Å²) in [7, 11) is 0. The van der Waals surface area contributed by atoms with Crippen molar-refractivity contribution in [2.75, 3.05) is 0 Å². The first-order valence-corrected chi connectivity index (χ1v) is 4.92. The second-order valence-electron chi connectivity index (χ2n) is 3.34. The van der Waals surface area contributed by atoms with Gasteiger partial charge < -0.3 is 9.13 Å². The Balaban J connectivity index is 2.26. The van der Waals surface area contributed by atoms with E-state index in [1.165, 1.54) is 12.3 Å². The monoisotopic (exact) mass is 230 g/mol. The fraction of sp³-hybridized carbons (Fsp3) is 0.0909. The number of nitro groups is 1. The van der Waals surface area contributed by atoms with E-state index in [4.69, 9.17) is 0 Å². The highest BCUT2D eigenvalue weighted by atomic mass is 16.6. The summed E-state index contributed by atoms with van der Waals surface area (Å²) < 4.78 is 3.46. The minimum Gasteiger partial charge on any atom is -0.316 e. The number of hydrogen-bond donors (Lipinski definition) is 0. The third-order valence-electron chi connectivity index (χ3n) is 2.15. The largest absolute Gasteiger partial charge is 0.316 e. The number of allylic oxidation sites excluding steroid dienone is 1. The molecule has 0 aliphatic heterocycles. The predicted molar refractivity (Wildman–Crippen MR) is 59.4 cm³/mol. The molecule has 0 saturated carbocycles. The quantitative estimate of drug-likeness (QED) is 0.259. The zero-order valence-electron chi connectivity index (χ0n) is 8.98. The molecule has 2 aromatic rings. The van der Waals surface area contributed by atoms with Crippen LogP contribution < -0.4 is 4.57 Å². The van der Waals surface area contributed by atoms with Gasteiger partial charge in [-0.05, 0) is 6.07 Å². The van der Waals surface area contributed by atoms with E-state index in [-0.39, 0.29) is 5.69 Å². The normalized spacial score (nSPS) is 10.1. The first kappa shape index (κ1) is 11.0. The molecule has 86 valence electrons. The highest BCUT2D eigenvalue weighted by Gasteiger charge is 2.06. The van der Waals surface area contributed by atoms with Crippen LogP contribution in [0, 0.1) is 16.4 Å². The molecule has 0 N–H and O–H groups in total. The minimum absolute atomic E-state index is 0.0279. The van der Waals surface area contributed by atoms with Gasteiger partial charge in [-0.3, -0.25) is 15.1 Å². The highest BCUT2D eigenvalue weighted by Crippen LogP contribution is 2.10. The summed E-state index contributed by atoms with van der Waals surface area (Å²) in [6.07, 6.45) is 9.59. The van der Waals surface area contributed by atoms with Crippen molar-refractivity contribution >= 4 is 5.69 Å². The van der Waals surface area contributed by atoms with Crippen LogP contribution in [0.15, 0.2) is 43.4 Å².